The van der Waals surface area contributed by atoms with E-state index < -0.39 is 0 Å². The van der Waals surface area contributed by atoms with E-state index in [1.54, 1.807) is 0 Å². The van der Waals surface area contributed by atoms with E-state index in [2.05, 4.69) is 32.9 Å². The monoisotopic (exact) mass is 184 g/mol. The van der Waals surface area contributed by atoms with Crippen LogP contribution in [0.3, 0.4) is 0 Å². The summed E-state index contributed by atoms with van der Waals surface area (Å²) in [5.41, 5.74) is 2.90. The van der Waals surface area contributed by atoms with Gasteiger partial charge in [-0.15, -0.1) is 11.6 Å². The minimum Gasteiger partial charge on any atom is -0.122 e. The summed E-state index contributed by atoms with van der Waals surface area (Å²) in [5.74, 6) is 2.25. The Morgan fingerprint density at radius 3 is 2.58 bits per heavy atom. The Morgan fingerprint density at radius 2 is 2.08 bits per heavy atom. The molecule has 0 aromatic carbocycles. The van der Waals surface area contributed by atoms with E-state index in [4.69, 9.17) is 11.6 Å². The first-order valence-corrected chi connectivity index (χ1v) is 5.06. The van der Waals surface area contributed by atoms with E-state index in [1.165, 1.54) is 17.6 Å². The number of hydrogen-bond donors (Lipinski definition) is 0. The Hall–Kier alpha value is -0.230. The second kappa shape index (κ2) is 4.13. The zero-order chi connectivity index (χ0) is 9.14. The van der Waals surface area contributed by atoms with Crippen LogP contribution in [0.25, 0.3) is 0 Å². The highest BCUT2D eigenvalue weighted by Gasteiger charge is 2.35. The Labute approximate surface area is 80.3 Å². The molecule has 1 rings (SSSR count). The number of alkyl halides is 1. The fourth-order valence-corrected chi connectivity index (χ4v) is 1.87. The summed E-state index contributed by atoms with van der Waals surface area (Å²) in [6, 6.07) is 0. The molecule has 0 nitrogen and oxygen atoms in total. The fraction of sp³-hybridized carbons (Fsp3) is 0.636. The molecular weight excluding hydrogens is 168 g/mol. The Bertz CT molecular complexity index is 209. The summed E-state index contributed by atoms with van der Waals surface area (Å²) < 4.78 is 0. The molecule has 12 heavy (non-hydrogen) atoms. The second-order valence-corrected chi connectivity index (χ2v) is 4.16. The predicted molar refractivity (Wildman–Crippen MR) is 55.5 cm³/mol. The lowest BCUT2D eigenvalue weighted by Gasteiger charge is -1.96. The smallest absolute Gasteiger partial charge is 0.0406 e. The molecule has 1 fully saturated rings. The maximum atomic E-state index is 5.63. The minimum atomic E-state index is 0.657. The van der Waals surface area contributed by atoms with E-state index in [9.17, 15) is 0 Å². The summed E-state index contributed by atoms with van der Waals surface area (Å²) in [7, 11) is 0. The molecule has 2 unspecified atom stereocenters. The molecule has 1 aliphatic carbocycles. The molecule has 0 aliphatic heterocycles. The lowest BCUT2D eigenvalue weighted by Crippen LogP contribution is -1.83. The predicted octanol–water partition coefficient (Wildman–Crippen LogP) is 3.77. The van der Waals surface area contributed by atoms with Crippen molar-refractivity contribution in [1.82, 2.24) is 0 Å². The number of rotatable bonds is 3. The van der Waals surface area contributed by atoms with Crippen LogP contribution in [0, 0.1) is 11.8 Å². The van der Waals surface area contributed by atoms with E-state index in [0.29, 0.717) is 5.88 Å². The van der Waals surface area contributed by atoms with Crippen LogP contribution in [0.2, 0.25) is 0 Å². The van der Waals surface area contributed by atoms with Crippen LogP contribution in [0.15, 0.2) is 23.3 Å². The van der Waals surface area contributed by atoms with Crippen molar-refractivity contribution in [2.45, 2.75) is 27.2 Å². The molecule has 1 heteroatoms. The summed E-state index contributed by atoms with van der Waals surface area (Å²) in [4.78, 5) is 0. The Morgan fingerprint density at radius 1 is 1.42 bits per heavy atom. The fourth-order valence-electron chi connectivity index (χ4n) is 1.62. The van der Waals surface area contributed by atoms with Gasteiger partial charge in [0.1, 0.15) is 0 Å². The quantitative estimate of drug-likeness (QED) is 0.463. The van der Waals surface area contributed by atoms with Gasteiger partial charge in [0.25, 0.3) is 0 Å². The van der Waals surface area contributed by atoms with Crippen molar-refractivity contribution in [2.75, 3.05) is 5.88 Å². The van der Waals surface area contributed by atoms with Gasteiger partial charge < -0.3 is 0 Å². The van der Waals surface area contributed by atoms with Crippen LogP contribution in [0.5, 0.6) is 0 Å². The average Bonchev–Trinajstić information content (AvgIpc) is 2.67. The topological polar surface area (TPSA) is 0 Å². The lowest BCUT2D eigenvalue weighted by atomic mass is 10.1. The highest BCUT2D eigenvalue weighted by molar-refractivity contribution is 6.18. The molecular formula is C11H17Cl. The Balaban J connectivity index is 2.42. The van der Waals surface area contributed by atoms with Crippen molar-refractivity contribution >= 4 is 11.6 Å². The molecule has 0 aromatic heterocycles. The Kier molecular flexibility index (Phi) is 3.39. The molecule has 1 aliphatic rings. The minimum absolute atomic E-state index is 0.657. The molecule has 0 bridgehead atoms. The van der Waals surface area contributed by atoms with Crippen molar-refractivity contribution in [3.63, 3.8) is 0 Å². The maximum absolute atomic E-state index is 5.63. The van der Waals surface area contributed by atoms with Crippen molar-refractivity contribution in [2.24, 2.45) is 11.8 Å². The summed E-state index contributed by atoms with van der Waals surface area (Å²) >= 11 is 5.63. The first-order chi connectivity index (χ1) is 5.65. The van der Waals surface area contributed by atoms with Gasteiger partial charge in [0.05, 0.1) is 0 Å². The molecule has 1 saturated carbocycles. The highest BCUT2D eigenvalue weighted by atomic mass is 35.5. The zero-order valence-electron chi connectivity index (χ0n) is 8.10. The second-order valence-electron chi connectivity index (χ2n) is 3.85. The first kappa shape index (κ1) is 9.85. The summed E-state index contributed by atoms with van der Waals surface area (Å²) in [6.07, 6.45) is 5.83. The molecule has 0 radical (unpaired) electrons. The van der Waals surface area contributed by atoms with Crippen molar-refractivity contribution in [3.05, 3.63) is 23.3 Å². The molecule has 0 heterocycles. The number of halogens is 1. The molecule has 68 valence electrons. The first-order valence-electron chi connectivity index (χ1n) is 4.52. The largest absolute Gasteiger partial charge is 0.122 e. The van der Waals surface area contributed by atoms with Gasteiger partial charge in [-0.3, -0.25) is 0 Å². The molecule has 0 amide bonds. The SMILES string of the molecule is CC(C)=CC1CC1/C(C)=C/CCl. The molecule has 0 spiro atoms. The lowest BCUT2D eigenvalue weighted by molar-refractivity contribution is 0.913. The van der Waals surface area contributed by atoms with Crippen LogP contribution in [0.4, 0.5) is 0 Å². The summed E-state index contributed by atoms with van der Waals surface area (Å²) in [5, 5.41) is 0. The number of hydrogen-bond acceptors (Lipinski definition) is 0. The van der Waals surface area contributed by atoms with Crippen molar-refractivity contribution in [1.29, 1.82) is 0 Å². The molecule has 0 N–H and O–H groups in total. The standard InChI is InChI=1S/C11H17Cl/c1-8(2)6-10-7-11(10)9(3)4-5-12/h4,6,10-11H,5,7H2,1-3H3/b9-4+. The van der Waals surface area contributed by atoms with E-state index >= 15 is 0 Å². The van der Waals surface area contributed by atoms with Gasteiger partial charge >= 0.3 is 0 Å². The van der Waals surface area contributed by atoms with Gasteiger partial charge in [0.15, 0.2) is 0 Å². The van der Waals surface area contributed by atoms with Crippen molar-refractivity contribution < 1.29 is 0 Å². The zero-order valence-corrected chi connectivity index (χ0v) is 8.86. The van der Waals surface area contributed by atoms with Gasteiger partial charge in [-0.1, -0.05) is 23.3 Å². The van der Waals surface area contributed by atoms with Gasteiger partial charge in [0, 0.05) is 5.88 Å². The van der Waals surface area contributed by atoms with Gasteiger partial charge in [-0.25, -0.2) is 0 Å². The number of allylic oxidation sites excluding steroid dienone is 4. The van der Waals surface area contributed by atoms with Crippen LogP contribution in [-0.4, -0.2) is 5.88 Å². The molecule has 2 atom stereocenters. The van der Waals surface area contributed by atoms with Crippen LogP contribution in [-0.2, 0) is 0 Å². The normalized spacial score (nSPS) is 28.5. The van der Waals surface area contributed by atoms with Gasteiger partial charge in [-0.05, 0) is 39.0 Å². The molecule has 0 aromatic rings. The summed E-state index contributed by atoms with van der Waals surface area (Å²) in [6.45, 7) is 6.51. The van der Waals surface area contributed by atoms with Crippen LogP contribution >= 0.6 is 11.6 Å². The van der Waals surface area contributed by atoms with E-state index in [0.717, 1.165) is 11.8 Å². The van der Waals surface area contributed by atoms with Gasteiger partial charge in [0.2, 0.25) is 0 Å². The maximum Gasteiger partial charge on any atom is 0.0406 e. The van der Waals surface area contributed by atoms with E-state index in [1.807, 2.05) is 0 Å². The van der Waals surface area contributed by atoms with E-state index in [-0.39, 0.29) is 0 Å². The van der Waals surface area contributed by atoms with Gasteiger partial charge in [-0.2, -0.15) is 0 Å². The van der Waals surface area contributed by atoms with Crippen LogP contribution in [0.1, 0.15) is 27.2 Å². The third-order valence-electron chi connectivity index (χ3n) is 2.37. The highest BCUT2D eigenvalue weighted by Crippen LogP contribution is 2.45. The average molecular weight is 185 g/mol. The van der Waals surface area contributed by atoms with Crippen molar-refractivity contribution in [3.8, 4) is 0 Å². The third kappa shape index (κ3) is 2.67. The molecule has 0 saturated heterocycles. The third-order valence-corrected chi connectivity index (χ3v) is 2.53. The van der Waals surface area contributed by atoms with Crippen LogP contribution < -0.4 is 0 Å².